The highest BCUT2D eigenvalue weighted by molar-refractivity contribution is 5.40. The SMILES string of the molecule is CCCCN(CC1CCCN1)C(C)c1cc(O)ccc1O. The van der Waals surface area contributed by atoms with Gasteiger partial charge in [0, 0.05) is 24.2 Å². The summed E-state index contributed by atoms with van der Waals surface area (Å²) in [6.07, 6.45) is 4.78. The molecule has 0 aliphatic carbocycles. The highest BCUT2D eigenvalue weighted by Gasteiger charge is 2.23. The second-order valence-corrected chi connectivity index (χ2v) is 6.06. The fraction of sp³-hybridized carbons (Fsp3) is 0.647. The van der Waals surface area contributed by atoms with Gasteiger partial charge in [0.15, 0.2) is 0 Å². The number of benzene rings is 1. The molecule has 0 aromatic heterocycles. The molecule has 118 valence electrons. The van der Waals surface area contributed by atoms with Crippen molar-refractivity contribution in [1.29, 1.82) is 0 Å². The Morgan fingerprint density at radius 3 is 2.86 bits per heavy atom. The predicted molar refractivity (Wildman–Crippen MR) is 85.7 cm³/mol. The minimum absolute atomic E-state index is 0.103. The Labute approximate surface area is 127 Å². The van der Waals surface area contributed by atoms with E-state index in [1.54, 1.807) is 12.1 Å². The molecular weight excluding hydrogens is 264 g/mol. The van der Waals surface area contributed by atoms with Crippen LogP contribution in [0.15, 0.2) is 18.2 Å². The van der Waals surface area contributed by atoms with Gasteiger partial charge >= 0.3 is 0 Å². The van der Waals surface area contributed by atoms with Crippen molar-refractivity contribution >= 4 is 0 Å². The number of hydrogen-bond acceptors (Lipinski definition) is 4. The van der Waals surface area contributed by atoms with Crippen molar-refractivity contribution in [2.45, 2.75) is 51.6 Å². The third kappa shape index (κ3) is 4.35. The van der Waals surface area contributed by atoms with Crippen molar-refractivity contribution in [3.63, 3.8) is 0 Å². The molecule has 0 spiro atoms. The number of hydrogen-bond donors (Lipinski definition) is 3. The Morgan fingerprint density at radius 1 is 1.38 bits per heavy atom. The molecule has 3 N–H and O–H groups in total. The average molecular weight is 292 g/mol. The lowest BCUT2D eigenvalue weighted by Crippen LogP contribution is -2.39. The van der Waals surface area contributed by atoms with Crippen LogP contribution in [-0.4, -0.2) is 40.8 Å². The summed E-state index contributed by atoms with van der Waals surface area (Å²) in [5, 5.41) is 23.3. The molecule has 4 nitrogen and oxygen atoms in total. The summed E-state index contributed by atoms with van der Waals surface area (Å²) >= 11 is 0. The maximum Gasteiger partial charge on any atom is 0.120 e. The molecule has 21 heavy (non-hydrogen) atoms. The molecule has 0 amide bonds. The topological polar surface area (TPSA) is 55.7 Å². The van der Waals surface area contributed by atoms with E-state index >= 15 is 0 Å². The lowest BCUT2D eigenvalue weighted by atomic mass is 10.0. The molecule has 1 aliphatic heterocycles. The Hall–Kier alpha value is -1.26. The summed E-state index contributed by atoms with van der Waals surface area (Å²) in [7, 11) is 0. The van der Waals surface area contributed by atoms with Crippen molar-refractivity contribution in [3.05, 3.63) is 23.8 Å². The lowest BCUT2D eigenvalue weighted by molar-refractivity contribution is 0.186. The molecule has 1 aromatic carbocycles. The summed E-state index contributed by atoms with van der Waals surface area (Å²) in [5.74, 6) is 0.477. The fourth-order valence-electron chi connectivity index (χ4n) is 3.07. The van der Waals surface area contributed by atoms with Gasteiger partial charge in [-0.2, -0.15) is 0 Å². The monoisotopic (exact) mass is 292 g/mol. The van der Waals surface area contributed by atoms with E-state index in [1.165, 1.54) is 18.9 Å². The van der Waals surface area contributed by atoms with Gasteiger partial charge in [0.2, 0.25) is 0 Å². The number of rotatable bonds is 7. The fourth-order valence-corrected chi connectivity index (χ4v) is 3.07. The first kappa shape index (κ1) is 16.1. The van der Waals surface area contributed by atoms with Gasteiger partial charge in [-0.25, -0.2) is 0 Å². The highest BCUT2D eigenvalue weighted by atomic mass is 16.3. The molecule has 0 bridgehead atoms. The Morgan fingerprint density at radius 2 is 2.19 bits per heavy atom. The van der Waals surface area contributed by atoms with Gasteiger partial charge in [-0.15, -0.1) is 0 Å². The largest absolute Gasteiger partial charge is 0.508 e. The van der Waals surface area contributed by atoms with Crippen LogP contribution in [0.5, 0.6) is 11.5 Å². The zero-order valence-electron chi connectivity index (χ0n) is 13.2. The first-order valence-electron chi connectivity index (χ1n) is 8.11. The van der Waals surface area contributed by atoms with E-state index in [-0.39, 0.29) is 17.5 Å². The van der Waals surface area contributed by atoms with E-state index in [0.29, 0.717) is 6.04 Å². The number of phenolic OH excluding ortho intramolecular Hbond substituents is 2. The summed E-state index contributed by atoms with van der Waals surface area (Å²) in [4.78, 5) is 2.42. The summed E-state index contributed by atoms with van der Waals surface area (Å²) < 4.78 is 0. The van der Waals surface area contributed by atoms with Crippen molar-refractivity contribution in [1.82, 2.24) is 10.2 Å². The van der Waals surface area contributed by atoms with E-state index in [0.717, 1.165) is 38.0 Å². The molecule has 0 saturated carbocycles. The molecule has 1 fully saturated rings. The first-order chi connectivity index (χ1) is 10.1. The van der Waals surface area contributed by atoms with Gasteiger partial charge in [-0.05, 0) is 57.5 Å². The normalized spacial score (nSPS) is 20.0. The zero-order chi connectivity index (χ0) is 15.2. The molecule has 1 heterocycles. The van der Waals surface area contributed by atoms with Crippen LogP contribution >= 0.6 is 0 Å². The standard InChI is InChI=1S/C17H28N2O2/c1-3-4-10-19(12-14-6-5-9-18-14)13(2)16-11-15(20)7-8-17(16)21/h7-8,11,13-14,18,20-21H,3-6,9-10,12H2,1-2H3. The van der Waals surface area contributed by atoms with Gasteiger partial charge in [0.05, 0.1) is 0 Å². The van der Waals surface area contributed by atoms with Crippen molar-refractivity contribution < 1.29 is 10.2 Å². The maximum atomic E-state index is 10.1. The predicted octanol–water partition coefficient (Wildman–Crippen LogP) is 3.01. The number of nitrogens with one attached hydrogen (secondary N) is 1. The van der Waals surface area contributed by atoms with Crippen molar-refractivity contribution in [3.8, 4) is 11.5 Å². The van der Waals surface area contributed by atoms with Crippen LogP contribution in [0.25, 0.3) is 0 Å². The minimum atomic E-state index is 0.103. The van der Waals surface area contributed by atoms with Gasteiger partial charge in [0.25, 0.3) is 0 Å². The van der Waals surface area contributed by atoms with E-state index in [2.05, 4.69) is 24.1 Å². The molecule has 0 radical (unpaired) electrons. The summed E-state index contributed by atoms with van der Waals surface area (Å²) in [6, 6.07) is 5.43. The number of unbranched alkanes of at least 4 members (excludes halogenated alkanes) is 1. The van der Waals surface area contributed by atoms with Crippen LogP contribution in [0.2, 0.25) is 0 Å². The van der Waals surface area contributed by atoms with Crippen LogP contribution in [0.3, 0.4) is 0 Å². The maximum absolute atomic E-state index is 10.1. The van der Waals surface area contributed by atoms with Crippen LogP contribution < -0.4 is 5.32 Å². The smallest absolute Gasteiger partial charge is 0.120 e. The number of phenols is 2. The average Bonchev–Trinajstić information content (AvgIpc) is 2.98. The van der Waals surface area contributed by atoms with Crippen LogP contribution in [0, 0.1) is 0 Å². The molecular formula is C17H28N2O2. The third-order valence-electron chi connectivity index (χ3n) is 4.43. The Kier molecular flexibility index (Phi) is 5.88. The molecule has 1 aromatic rings. The second-order valence-electron chi connectivity index (χ2n) is 6.06. The molecule has 4 heteroatoms. The van der Waals surface area contributed by atoms with Gasteiger partial charge in [0.1, 0.15) is 11.5 Å². The van der Waals surface area contributed by atoms with E-state index in [1.807, 2.05) is 0 Å². The summed E-state index contributed by atoms with van der Waals surface area (Å²) in [6.45, 7) is 7.43. The first-order valence-corrected chi connectivity index (χ1v) is 8.11. The molecule has 1 saturated heterocycles. The molecule has 1 aliphatic rings. The van der Waals surface area contributed by atoms with E-state index < -0.39 is 0 Å². The highest BCUT2D eigenvalue weighted by Crippen LogP contribution is 2.32. The lowest BCUT2D eigenvalue weighted by Gasteiger charge is -2.32. The number of aromatic hydroxyl groups is 2. The van der Waals surface area contributed by atoms with Crippen molar-refractivity contribution in [2.24, 2.45) is 0 Å². The van der Waals surface area contributed by atoms with Crippen LogP contribution in [0.1, 0.15) is 51.1 Å². The van der Waals surface area contributed by atoms with Gasteiger partial charge in [-0.3, -0.25) is 4.90 Å². The molecule has 2 unspecified atom stereocenters. The van der Waals surface area contributed by atoms with E-state index in [4.69, 9.17) is 0 Å². The third-order valence-corrected chi connectivity index (χ3v) is 4.43. The zero-order valence-corrected chi connectivity index (χ0v) is 13.2. The van der Waals surface area contributed by atoms with E-state index in [9.17, 15) is 10.2 Å². The van der Waals surface area contributed by atoms with Gasteiger partial charge < -0.3 is 15.5 Å². The molecule has 2 atom stereocenters. The van der Waals surface area contributed by atoms with Crippen LogP contribution in [0.4, 0.5) is 0 Å². The van der Waals surface area contributed by atoms with Gasteiger partial charge in [-0.1, -0.05) is 13.3 Å². The molecule has 2 rings (SSSR count). The second kappa shape index (κ2) is 7.66. The number of nitrogens with zero attached hydrogens (tertiary/aromatic N) is 1. The Balaban J connectivity index is 2.11. The quantitative estimate of drug-likeness (QED) is 0.676. The summed E-state index contributed by atoms with van der Waals surface area (Å²) in [5.41, 5.74) is 0.809. The minimum Gasteiger partial charge on any atom is -0.508 e. The van der Waals surface area contributed by atoms with Crippen molar-refractivity contribution in [2.75, 3.05) is 19.6 Å². The Bertz CT molecular complexity index is 444. The van der Waals surface area contributed by atoms with Crippen LogP contribution in [-0.2, 0) is 0 Å².